The molecule has 1 saturated heterocycles. The SMILES string of the molecule is CC(C)C[C@H](CC(=O)C[NH3+])B1O[C@@H]2C[C@@H]3C[C@@H](C3(C)C)[C@]2(C)O1.[Cl-]. The van der Waals surface area contributed by atoms with Gasteiger partial charge in [0.25, 0.3) is 0 Å². The lowest BCUT2D eigenvalue weighted by Gasteiger charge is -2.64. The molecule has 4 aliphatic rings. The van der Waals surface area contributed by atoms with Gasteiger partial charge in [0.1, 0.15) is 6.54 Å². The van der Waals surface area contributed by atoms with E-state index in [0.717, 1.165) is 18.8 Å². The maximum atomic E-state index is 12.0. The second-order valence-corrected chi connectivity index (χ2v) is 9.22. The third-order valence-electron chi connectivity index (χ3n) is 6.90. The minimum absolute atomic E-state index is 0. The molecule has 4 nitrogen and oxygen atoms in total. The number of hydrogen-bond acceptors (Lipinski definition) is 3. The number of rotatable bonds is 6. The molecular weight excluding hydrogens is 324 g/mol. The molecular formula is C18H33BClNO3. The maximum Gasteiger partial charge on any atom is 0.461 e. The fourth-order valence-corrected chi connectivity index (χ4v) is 5.39. The second-order valence-electron chi connectivity index (χ2n) is 9.22. The largest absolute Gasteiger partial charge is 1.00 e. The van der Waals surface area contributed by atoms with Crippen LogP contribution in [0.15, 0.2) is 0 Å². The molecule has 0 radical (unpaired) electrons. The Labute approximate surface area is 153 Å². The molecule has 0 amide bonds. The molecule has 5 atom stereocenters. The van der Waals surface area contributed by atoms with Gasteiger partial charge < -0.3 is 27.4 Å². The van der Waals surface area contributed by atoms with Crippen molar-refractivity contribution in [2.24, 2.45) is 23.2 Å². The summed E-state index contributed by atoms with van der Waals surface area (Å²) in [6, 6.07) is 0. The summed E-state index contributed by atoms with van der Waals surface area (Å²) in [5, 5.41) is 0. The molecule has 0 aromatic carbocycles. The topological polar surface area (TPSA) is 63.2 Å². The number of carbonyl (C=O) groups is 1. The Balaban J connectivity index is 0.00000208. The fourth-order valence-electron chi connectivity index (χ4n) is 5.39. The van der Waals surface area contributed by atoms with Gasteiger partial charge in [0, 0.05) is 12.2 Å². The molecule has 4 rings (SSSR count). The van der Waals surface area contributed by atoms with Crippen LogP contribution < -0.4 is 18.1 Å². The van der Waals surface area contributed by atoms with E-state index in [1.165, 1.54) is 6.42 Å². The Kier molecular flexibility index (Phi) is 5.81. The zero-order chi connectivity index (χ0) is 17.0. The van der Waals surface area contributed by atoms with E-state index >= 15 is 0 Å². The van der Waals surface area contributed by atoms with Crippen LogP contribution in [0.4, 0.5) is 0 Å². The van der Waals surface area contributed by atoms with E-state index in [-0.39, 0.29) is 42.8 Å². The molecule has 0 spiro atoms. The molecule has 138 valence electrons. The normalized spacial score (nSPS) is 37.5. The van der Waals surface area contributed by atoms with Crippen LogP contribution in [-0.4, -0.2) is 31.2 Å². The van der Waals surface area contributed by atoms with E-state index in [1.54, 1.807) is 0 Å². The summed E-state index contributed by atoms with van der Waals surface area (Å²) >= 11 is 0. The highest BCUT2D eigenvalue weighted by atomic mass is 35.5. The van der Waals surface area contributed by atoms with Crippen LogP contribution in [0.1, 0.15) is 60.3 Å². The molecule has 0 aromatic rings. The first-order chi connectivity index (χ1) is 10.7. The van der Waals surface area contributed by atoms with Gasteiger partial charge in [0.2, 0.25) is 0 Å². The predicted molar refractivity (Wildman–Crippen MR) is 90.7 cm³/mol. The molecule has 4 fully saturated rings. The van der Waals surface area contributed by atoms with Crippen LogP contribution in [0, 0.1) is 23.2 Å². The molecule has 6 heteroatoms. The Hall–Kier alpha value is -0.0951. The highest BCUT2D eigenvalue weighted by Gasteiger charge is 2.68. The third-order valence-corrected chi connectivity index (χ3v) is 6.90. The maximum absolute atomic E-state index is 12.0. The number of Topliss-reactive ketones (excluding diaryl/α,β-unsaturated/α-hetero) is 1. The smallest absolute Gasteiger partial charge is 0.461 e. The van der Waals surface area contributed by atoms with E-state index in [1.807, 2.05) is 0 Å². The van der Waals surface area contributed by atoms with Crippen molar-refractivity contribution >= 4 is 12.9 Å². The van der Waals surface area contributed by atoms with Crippen LogP contribution in [0.25, 0.3) is 0 Å². The van der Waals surface area contributed by atoms with Gasteiger partial charge in [0.05, 0.1) is 11.7 Å². The standard InChI is InChI=1S/C18H32BNO3.ClH/c1-11(2)6-13(9-14(21)10-20)19-22-16-8-12-7-15(17(12,3)4)18(16,5)23-19;/h11-13,15-16H,6-10,20H2,1-5H3;1H/t12-,13+,15-,16+,18-;/m0./s1. The fraction of sp³-hybridized carbons (Fsp3) is 0.944. The lowest BCUT2D eigenvalue weighted by molar-refractivity contribution is -0.354. The molecule has 1 aliphatic heterocycles. The highest BCUT2D eigenvalue weighted by Crippen LogP contribution is 2.66. The Morgan fingerprint density at radius 3 is 2.50 bits per heavy atom. The molecule has 3 N–H and O–H groups in total. The first-order valence-electron chi connectivity index (χ1n) is 9.32. The molecule has 0 aromatic heterocycles. The summed E-state index contributed by atoms with van der Waals surface area (Å²) in [5.74, 6) is 2.25. The predicted octanol–water partition coefficient (Wildman–Crippen LogP) is -0.664. The lowest BCUT2D eigenvalue weighted by atomic mass is 9.43. The van der Waals surface area contributed by atoms with Gasteiger partial charge in [-0.1, -0.05) is 27.7 Å². The summed E-state index contributed by atoms with van der Waals surface area (Å²) in [4.78, 5) is 12.0. The van der Waals surface area contributed by atoms with Crippen molar-refractivity contribution in [1.82, 2.24) is 0 Å². The van der Waals surface area contributed by atoms with Crippen molar-refractivity contribution in [2.75, 3.05) is 6.54 Å². The van der Waals surface area contributed by atoms with Crippen molar-refractivity contribution < 1.29 is 32.2 Å². The van der Waals surface area contributed by atoms with Crippen LogP contribution in [0.5, 0.6) is 0 Å². The Bertz CT molecular complexity index is 487. The zero-order valence-corrected chi connectivity index (χ0v) is 16.6. The highest BCUT2D eigenvalue weighted by molar-refractivity contribution is 6.47. The number of ketones is 1. The average molecular weight is 358 g/mol. The summed E-state index contributed by atoms with van der Waals surface area (Å²) in [5.41, 5.74) is 3.92. The van der Waals surface area contributed by atoms with Crippen LogP contribution >= 0.6 is 0 Å². The summed E-state index contributed by atoms with van der Waals surface area (Å²) in [7, 11) is -0.224. The molecule has 3 saturated carbocycles. The van der Waals surface area contributed by atoms with Gasteiger partial charge in [-0.3, -0.25) is 4.79 Å². The van der Waals surface area contributed by atoms with Crippen LogP contribution in [-0.2, 0) is 14.1 Å². The van der Waals surface area contributed by atoms with E-state index < -0.39 is 0 Å². The van der Waals surface area contributed by atoms with E-state index in [9.17, 15) is 4.79 Å². The summed E-state index contributed by atoms with van der Waals surface area (Å²) < 4.78 is 12.9. The van der Waals surface area contributed by atoms with Gasteiger partial charge in [-0.05, 0) is 49.4 Å². The minimum atomic E-state index is -0.224. The van der Waals surface area contributed by atoms with Crippen LogP contribution in [0.2, 0.25) is 5.82 Å². The van der Waals surface area contributed by atoms with Gasteiger partial charge in [0.15, 0.2) is 5.78 Å². The molecule has 0 unspecified atom stereocenters. The van der Waals surface area contributed by atoms with Gasteiger partial charge in [-0.15, -0.1) is 0 Å². The van der Waals surface area contributed by atoms with Crippen molar-refractivity contribution in [1.29, 1.82) is 0 Å². The Morgan fingerprint density at radius 1 is 1.29 bits per heavy atom. The van der Waals surface area contributed by atoms with Crippen molar-refractivity contribution in [2.45, 2.75) is 77.8 Å². The van der Waals surface area contributed by atoms with Gasteiger partial charge >= 0.3 is 7.12 Å². The van der Waals surface area contributed by atoms with E-state index in [4.69, 9.17) is 9.31 Å². The first kappa shape index (κ1) is 20.2. The van der Waals surface area contributed by atoms with Gasteiger partial charge in [-0.25, -0.2) is 0 Å². The lowest BCUT2D eigenvalue weighted by Crippen LogP contribution is -3.00. The number of hydrogen-bond donors (Lipinski definition) is 1. The molecule has 1 heterocycles. The molecule has 3 aliphatic carbocycles. The number of quaternary nitrogens is 1. The van der Waals surface area contributed by atoms with Crippen LogP contribution in [0.3, 0.4) is 0 Å². The second kappa shape index (κ2) is 6.90. The summed E-state index contributed by atoms with van der Waals surface area (Å²) in [6.07, 6.45) is 4.08. The van der Waals surface area contributed by atoms with Gasteiger partial charge in [-0.2, -0.15) is 0 Å². The van der Waals surface area contributed by atoms with Crippen molar-refractivity contribution in [3.63, 3.8) is 0 Å². The molecule has 2 bridgehead atoms. The number of halogens is 1. The number of carbonyl (C=O) groups excluding carboxylic acids is 1. The summed E-state index contributed by atoms with van der Waals surface area (Å²) in [6.45, 7) is 11.8. The zero-order valence-electron chi connectivity index (χ0n) is 15.8. The Morgan fingerprint density at radius 2 is 1.96 bits per heavy atom. The van der Waals surface area contributed by atoms with Crippen molar-refractivity contribution in [3.8, 4) is 0 Å². The van der Waals surface area contributed by atoms with E-state index in [2.05, 4.69) is 40.4 Å². The average Bonchev–Trinajstić information content (AvgIpc) is 2.82. The van der Waals surface area contributed by atoms with E-state index in [0.29, 0.717) is 30.2 Å². The quantitative estimate of drug-likeness (QED) is 0.642. The molecule has 24 heavy (non-hydrogen) atoms. The van der Waals surface area contributed by atoms with Crippen molar-refractivity contribution in [3.05, 3.63) is 0 Å². The first-order valence-corrected chi connectivity index (χ1v) is 9.32. The minimum Gasteiger partial charge on any atom is -1.00 e. The third kappa shape index (κ3) is 3.18. The monoisotopic (exact) mass is 357 g/mol.